The van der Waals surface area contributed by atoms with E-state index in [9.17, 15) is 0 Å². The Morgan fingerprint density at radius 3 is 2.00 bits per heavy atom. The lowest BCUT2D eigenvalue weighted by molar-refractivity contribution is 0.400. The van der Waals surface area contributed by atoms with Gasteiger partial charge in [-0.1, -0.05) is 129 Å². The molecule has 0 N–H and O–H groups in total. The molecule has 0 fully saturated rings. The molecule has 0 aliphatic heterocycles. The molecule has 1 aromatic carbocycles. The van der Waals surface area contributed by atoms with Crippen LogP contribution >= 0.6 is 23.1 Å². The number of benzene rings is 1. The Hall–Kier alpha value is -1.26. The highest BCUT2D eigenvalue weighted by molar-refractivity contribution is 7.13. The van der Waals surface area contributed by atoms with Crippen LogP contribution in [0.3, 0.4) is 0 Å². The van der Waals surface area contributed by atoms with E-state index >= 15 is 0 Å². The fraction of sp³-hybridized carbons (Fsp3) is 0.667. The maximum absolute atomic E-state index is 4.55. The third-order valence-electron chi connectivity index (χ3n) is 7.16. The first-order valence-corrected chi connectivity index (χ1v) is 15.7. The van der Waals surface area contributed by atoms with Crippen LogP contribution in [0.25, 0.3) is 21.5 Å². The van der Waals surface area contributed by atoms with Gasteiger partial charge in [-0.05, 0) is 35.4 Å². The van der Waals surface area contributed by atoms with Crippen LogP contribution in [0.15, 0.2) is 29.6 Å². The van der Waals surface area contributed by atoms with Crippen molar-refractivity contribution in [2.45, 2.75) is 123 Å². The molecule has 0 saturated carbocycles. The molecule has 2 heterocycles. The van der Waals surface area contributed by atoms with Crippen molar-refractivity contribution in [2.75, 3.05) is 0 Å². The number of fused-ring (bicyclic) bond motifs is 1. The highest BCUT2D eigenvalue weighted by Crippen LogP contribution is 2.34. The molecule has 3 aromatic rings. The average Bonchev–Trinajstić information content (AvgIpc) is 3.52. The number of rotatable bonds is 19. The lowest BCUT2D eigenvalue weighted by Gasteiger charge is -2.16. The molecule has 188 valence electrons. The number of nitrogens with zero attached hydrogens (tertiary/aromatic N) is 2. The van der Waals surface area contributed by atoms with Gasteiger partial charge in [-0.25, -0.2) is 0 Å². The van der Waals surface area contributed by atoms with Crippen molar-refractivity contribution in [3.63, 3.8) is 0 Å². The minimum Gasteiger partial charge on any atom is -0.173 e. The molecule has 1 unspecified atom stereocenters. The molecule has 0 amide bonds. The van der Waals surface area contributed by atoms with Crippen molar-refractivity contribution in [1.29, 1.82) is 0 Å². The molecule has 2 nitrogen and oxygen atoms in total. The van der Waals surface area contributed by atoms with Crippen molar-refractivity contribution >= 4 is 34.1 Å². The van der Waals surface area contributed by atoms with E-state index < -0.39 is 0 Å². The first-order chi connectivity index (χ1) is 16.8. The Morgan fingerprint density at radius 2 is 1.35 bits per heavy atom. The zero-order valence-electron chi connectivity index (χ0n) is 21.7. The van der Waals surface area contributed by atoms with Crippen LogP contribution in [0.4, 0.5) is 0 Å². The Morgan fingerprint density at radius 1 is 0.735 bits per heavy atom. The first-order valence-electron chi connectivity index (χ1n) is 14.1. The van der Waals surface area contributed by atoms with Gasteiger partial charge < -0.3 is 0 Å². The topological polar surface area (TPSA) is 25.8 Å². The van der Waals surface area contributed by atoms with Crippen molar-refractivity contribution in [1.82, 2.24) is 8.75 Å². The largest absolute Gasteiger partial charge is 0.173 e. The number of hydrogen-bond donors (Lipinski definition) is 0. The summed E-state index contributed by atoms with van der Waals surface area (Å²) in [6.45, 7) is 4.61. The van der Waals surface area contributed by atoms with E-state index in [0.29, 0.717) is 0 Å². The Labute approximate surface area is 216 Å². The quantitative estimate of drug-likeness (QED) is 0.154. The summed E-state index contributed by atoms with van der Waals surface area (Å²) < 4.78 is 8.98. The second kappa shape index (κ2) is 16.4. The summed E-state index contributed by atoms with van der Waals surface area (Å²) in [5.74, 6) is 0.838. The average molecular weight is 499 g/mol. The molecule has 0 spiro atoms. The fourth-order valence-electron chi connectivity index (χ4n) is 5.09. The predicted molar refractivity (Wildman–Crippen MR) is 153 cm³/mol. The fourth-order valence-corrected chi connectivity index (χ4v) is 6.59. The maximum atomic E-state index is 4.55. The summed E-state index contributed by atoms with van der Waals surface area (Å²) in [4.78, 5) is 1.35. The number of thiophene rings is 1. The zero-order valence-corrected chi connectivity index (χ0v) is 23.3. The lowest BCUT2D eigenvalue weighted by Crippen LogP contribution is -2.05. The van der Waals surface area contributed by atoms with E-state index in [1.54, 1.807) is 0 Å². The highest BCUT2D eigenvalue weighted by atomic mass is 32.1. The van der Waals surface area contributed by atoms with E-state index in [4.69, 9.17) is 0 Å². The summed E-state index contributed by atoms with van der Waals surface area (Å²) >= 11 is 3.20. The Bertz CT molecular complexity index is 913. The summed E-state index contributed by atoms with van der Waals surface area (Å²) in [6, 6.07) is 8.81. The molecule has 0 bridgehead atoms. The molecule has 4 heteroatoms. The van der Waals surface area contributed by atoms with Gasteiger partial charge in [0, 0.05) is 10.4 Å². The predicted octanol–water partition coefficient (Wildman–Crippen LogP) is 10.9. The van der Waals surface area contributed by atoms with Gasteiger partial charge >= 0.3 is 0 Å². The molecule has 1 atom stereocenters. The summed E-state index contributed by atoms with van der Waals surface area (Å²) in [7, 11) is 0. The van der Waals surface area contributed by atoms with Crippen LogP contribution in [-0.4, -0.2) is 8.75 Å². The molecule has 34 heavy (non-hydrogen) atoms. The van der Waals surface area contributed by atoms with E-state index in [-0.39, 0.29) is 0 Å². The van der Waals surface area contributed by atoms with Crippen molar-refractivity contribution < 1.29 is 0 Å². The number of aromatic nitrogens is 2. The summed E-state index contributed by atoms with van der Waals surface area (Å²) in [5, 5.41) is 2.40. The first kappa shape index (κ1) is 27.3. The molecule has 0 aliphatic rings. The molecule has 2 aromatic heterocycles. The molecular weight excluding hydrogens is 452 g/mol. The second-order valence-electron chi connectivity index (χ2n) is 10.1. The SMILES string of the molecule is CCCCCCCCCCC(CCCCCCCC)Cc1csc(-c2cccc3nsnc23)c1. The van der Waals surface area contributed by atoms with Gasteiger partial charge in [0.05, 0.1) is 11.7 Å². The Kier molecular flexibility index (Phi) is 13.2. The molecule has 0 saturated heterocycles. The Balaban J connectivity index is 1.50. The number of hydrogen-bond acceptors (Lipinski definition) is 4. The standard InChI is InChI=1S/C30H46N2S2/c1-3-5-7-9-11-12-14-16-19-25(18-15-13-10-8-6-4-2)22-26-23-29(33-24-26)27-20-17-21-28-30(27)32-34-31-28/h17,20-21,23-25H,3-16,18-19,22H2,1-2H3. The molecule has 0 aliphatic carbocycles. The van der Waals surface area contributed by atoms with E-state index in [2.05, 4.69) is 52.2 Å². The van der Waals surface area contributed by atoms with Gasteiger partial charge in [-0.2, -0.15) is 8.75 Å². The van der Waals surface area contributed by atoms with Crippen LogP contribution in [0.5, 0.6) is 0 Å². The van der Waals surface area contributed by atoms with Crippen LogP contribution < -0.4 is 0 Å². The zero-order chi connectivity index (χ0) is 23.8. The highest BCUT2D eigenvalue weighted by Gasteiger charge is 2.14. The van der Waals surface area contributed by atoms with Crippen LogP contribution in [0.1, 0.15) is 122 Å². The molecular formula is C30H46N2S2. The smallest absolute Gasteiger partial charge is 0.113 e. The van der Waals surface area contributed by atoms with Crippen LogP contribution in [-0.2, 0) is 6.42 Å². The van der Waals surface area contributed by atoms with E-state index in [1.807, 2.05) is 11.3 Å². The third-order valence-corrected chi connectivity index (χ3v) is 8.72. The van der Waals surface area contributed by atoms with Gasteiger partial charge in [0.1, 0.15) is 11.0 Å². The minimum absolute atomic E-state index is 0.838. The normalized spacial score (nSPS) is 12.5. The number of unbranched alkanes of at least 4 members (excludes halogenated alkanes) is 12. The van der Waals surface area contributed by atoms with Gasteiger partial charge in [-0.15, -0.1) is 11.3 Å². The van der Waals surface area contributed by atoms with Gasteiger partial charge in [0.25, 0.3) is 0 Å². The van der Waals surface area contributed by atoms with Crippen molar-refractivity contribution in [3.8, 4) is 10.4 Å². The third kappa shape index (κ3) is 9.41. The minimum atomic E-state index is 0.838. The second-order valence-corrected chi connectivity index (χ2v) is 11.6. The van der Waals surface area contributed by atoms with Crippen LogP contribution in [0, 0.1) is 5.92 Å². The van der Waals surface area contributed by atoms with Gasteiger partial charge in [0.2, 0.25) is 0 Å². The monoisotopic (exact) mass is 498 g/mol. The van der Waals surface area contributed by atoms with Crippen LogP contribution in [0.2, 0.25) is 0 Å². The molecule has 3 rings (SSSR count). The summed E-state index contributed by atoms with van der Waals surface area (Å²) in [5.41, 5.74) is 4.85. The van der Waals surface area contributed by atoms with E-state index in [1.165, 1.54) is 137 Å². The van der Waals surface area contributed by atoms with Gasteiger partial charge in [-0.3, -0.25) is 0 Å². The van der Waals surface area contributed by atoms with Gasteiger partial charge in [0.15, 0.2) is 0 Å². The maximum Gasteiger partial charge on any atom is 0.113 e. The summed E-state index contributed by atoms with van der Waals surface area (Å²) in [6.07, 6.45) is 23.8. The lowest BCUT2D eigenvalue weighted by atomic mass is 9.89. The molecule has 0 radical (unpaired) electrons. The van der Waals surface area contributed by atoms with Crippen molar-refractivity contribution in [2.24, 2.45) is 5.92 Å². The van der Waals surface area contributed by atoms with E-state index in [0.717, 1.165) is 17.0 Å². The van der Waals surface area contributed by atoms with Crippen molar-refractivity contribution in [3.05, 3.63) is 35.2 Å².